The minimum atomic E-state index is -0.350. The van der Waals surface area contributed by atoms with Gasteiger partial charge in [-0.15, -0.1) is 0 Å². The van der Waals surface area contributed by atoms with Crippen molar-refractivity contribution in [3.8, 4) is 0 Å². The van der Waals surface area contributed by atoms with Crippen LogP contribution < -0.4 is 10.6 Å². The highest BCUT2D eigenvalue weighted by Gasteiger charge is 2.27. The number of rotatable bonds is 6. The summed E-state index contributed by atoms with van der Waals surface area (Å²) in [7, 11) is 0. The molecule has 1 aromatic heterocycles. The van der Waals surface area contributed by atoms with E-state index in [0.717, 1.165) is 32.5 Å². The number of nitrogens with zero attached hydrogens (tertiary/aromatic N) is 3. The van der Waals surface area contributed by atoms with E-state index < -0.39 is 0 Å². The third-order valence-corrected chi connectivity index (χ3v) is 5.35. The molecule has 1 saturated heterocycles. The number of aliphatic hydroxyl groups excluding tert-OH is 1. The highest BCUT2D eigenvalue weighted by atomic mass is 35.5. The zero-order valence-electron chi connectivity index (χ0n) is 16.4. The molecule has 1 aliphatic rings. The van der Waals surface area contributed by atoms with Gasteiger partial charge in [0.25, 0.3) is 0 Å². The fourth-order valence-corrected chi connectivity index (χ4v) is 3.70. The molecule has 1 aromatic carbocycles. The number of hydrogen-bond acceptors (Lipinski definition) is 4. The van der Waals surface area contributed by atoms with E-state index >= 15 is 0 Å². The van der Waals surface area contributed by atoms with Crippen molar-refractivity contribution in [3.05, 3.63) is 41.6 Å². The van der Waals surface area contributed by atoms with Crippen molar-refractivity contribution in [2.45, 2.75) is 32.7 Å². The highest BCUT2D eigenvalue weighted by Crippen LogP contribution is 2.28. The predicted molar refractivity (Wildman–Crippen MR) is 112 cm³/mol. The topological polar surface area (TPSA) is 82.4 Å². The SMILES string of the molecule is CC(C)(CO)CN1CCC(n2nccc2NC(=O)Nc2ccccc2Cl)CC1. The smallest absolute Gasteiger partial charge is 0.324 e. The molecular formula is C20H28ClN5O2. The van der Waals surface area contributed by atoms with Crippen molar-refractivity contribution in [1.82, 2.24) is 14.7 Å². The summed E-state index contributed by atoms with van der Waals surface area (Å²) in [6.45, 7) is 7.10. The average Bonchev–Trinajstić information content (AvgIpc) is 3.12. The molecule has 152 valence electrons. The number of carbonyl (C=O) groups is 1. The fraction of sp³-hybridized carbons (Fsp3) is 0.500. The molecule has 0 spiro atoms. The molecule has 0 unspecified atom stereocenters. The fourth-order valence-electron chi connectivity index (χ4n) is 3.51. The summed E-state index contributed by atoms with van der Waals surface area (Å²) < 4.78 is 1.89. The number of hydrogen-bond donors (Lipinski definition) is 3. The lowest BCUT2D eigenvalue weighted by atomic mass is 9.92. The van der Waals surface area contributed by atoms with Gasteiger partial charge in [0, 0.05) is 37.7 Å². The molecular weight excluding hydrogens is 378 g/mol. The molecule has 2 heterocycles. The molecule has 1 aliphatic heterocycles. The largest absolute Gasteiger partial charge is 0.396 e. The molecule has 28 heavy (non-hydrogen) atoms. The van der Waals surface area contributed by atoms with Crippen LogP contribution in [0.25, 0.3) is 0 Å². The van der Waals surface area contributed by atoms with Crippen LogP contribution in [-0.2, 0) is 0 Å². The van der Waals surface area contributed by atoms with Crippen molar-refractivity contribution in [2.75, 3.05) is 36.9 Å². The summed E-state index contributed by atoms with van der Waals surface area (Å²) in [5.74, 6) is 0.665. The number of nitrogens with one attached hydrogen (secondary N) is 2. The van der Waals surface area contributed by atoms with Crippen molar-refractivity contribution in [3.63, 3.8) is 0 Å². The lowest BCUT2D eigenvalue weighted by Crippen LogP contribution is -2.42. The average molecular weight is 406 g/mol. The van der Waals surface area contributed by atoms with Crippen LogP contribution in [0.5, 0.6) is 0 Å². The molecule has 0 saturated carbocycles. The molecule has 3 rings (SSSR count). The van der Waals surface area contributed by atoms with E-state index in [-0.39, 0.29) is 24.1 Å². The van der Waals surface area contributed by atoms with Crippen LogP contribution in [0.3, 0.4) is 0 Å². The van der Waals surface area contributed by atoms with E-state index in [0.29, 0.717) is 16.5 Å². The number of aliphatic hydroxyl groups is 1. The summed E-state index contributed by atoms with van der Waals surface area (Å²) in [5.41, 5.74) is 0.467. The van der Waals surface area contributed by atoms with Crippen LogP contribution in [-0.4, -0.2) is 52.1 Å². The van der Waals surface area contributed by atoms with Gasteiger partial charge >= 0.3 is 6.03 Å². The molecule has 1 fully saturated rings. The third kappa shape index (κ3) is 5.25. The number of likely N-dealkylation sites (tertiary alicyclic amines) is 1. The minimum absolute atomic E-state index is 0.0952. The van der Waals surface area contributed by atoms with E-state index in [4.69, 9.17) is 11.6 Å². The van der Waals surface area contributed by atoms with Crippen molar-refractivity contribution in [1.29, 1.82) is 0 Å². The standard InChI is InChI=1S/C20H28ClN5O2/c1-20(2,14-27)13-25-11-8-15(9-12-25)26-18(7-10-22-26)24-19(28)23-17-6-4-3-5-16(17)21/h3-7,10,15,27H,8-9,11-14H2,1-2H3,(H2,23,24,28). The van der Waals surface area contributed by atoms with Crippen molar-refractivity contribution < 1.29 is 9.90 Å². The number of aromatic nitrogens is 2. The Hall–Kier alpha value is -2.09. The Labute approximate surface area is 170 Å². The quantitative estimate of drug-likeness (QED) is 0.682. The highest BCUT2D eigenvalue weighted by molar-refractivity contribution is 6.33. The van der Waals surface area contributed by atoms with E-state index in [9.17, 15) is 9.90 Å². The Kier molecular flexibility index (Phi) is 6.59. The number of carbonyl (C=O) groups excluding carboxylic acids is 1. The first kappa shape index (κ1) is 20.6. The molecule has 0 radical (unpaired) electrons. The number of amides is 2. The molecule has 3 N–H and O–H groups in total. The third-order valence-electron chi connectivity index (χ3n) is 5.02. The number of halogens is 1. The monoisotopic (exact) mass is 405 g/mol. The van der Waals surface area contributed by atoms with Gasteiger partial charge in [-0.25, -0.2) is 9.48 Å². The number of piperidine rings is 1. The van der Waals surface area contributed by atoms with Gasteiger partial charge in [0.2, 0.25) is 0 Å². The number of para-hydroxylation sites is 1. The summed E-state index contributed by atoms with van der Waals surface area (Å²) in [6.07, 6.45) is 3.60. The molecule has 0 aliphatic carbocycles. The maximum Gasteiger partial charge on any atom is 0.324 e. The van der Waals surface area contributed by atoms with Crippen LogP contribution in [0, 0.1) is 5.41 Å². The van der Waals surface area contributed by atoms with Gasteiger partial charge in [0.15, 0.2) is 0 Å². The van der Waals surface area contributed by atoms with Crippen molar-refractivity contribution in [2.24, 2.45) is 5.41 Å². The van der Waals surface area contributed by atoms with Crippen LogP contribution in [0.1, 0.15) is 32.7 Å². The Morgan fingerprint density at radius 2 is 1.96 bits per heavy atom. The van der Waals surface area contributed by atoms with E-state index in [2.05, 4.69) is 34.5 Å². The summed E-state index contributed by atoms with van der Waals surface area (Å²) >= 11 is 6.09. The Balaban J connectivity index is 1.57. The second-order valence-electron chi connectivity index (χ2n) is 8.05. The predicted octanol–water partition coefficient (Wildman–Crippen LogP) is 3.84. The van der Waals surface area contributed by atoms with Gasteiger partial charge in [-0.2, -0.15) is 5.10 Å². The molecule has 0 atom stereocenters. The zero-order valence-corrected chi connectivity index (χ0v) is 17.1. The van der Waals surface area contributed by atoms with Crippen LogP contribution >= 0.6 is 11.6 Å². The summed E-state index contributed by atoms with van der Waals surface area (Å²) in [4.78, 5) is 14.7. The second-order valence-corrected chi connectivity index (χ2v) is 8.46. The maximum atomic E-state index is 12.4. The van der Waals surface area contributed by atoms with Gasteiger partial charge in [0.1, 0.15) is 5.82 Å². The number of anilines is 2. The first-order valence-corrected chi connectivity index (χ1v) is 9.95. The van der Waals surface area contributed by atoms with Crippen LogP contribution in [0.15, 0.2) is 36.5 Å². The molecule has 2 amide bonds. The molecule has 2 aromatic rings. The van der Waals surface area contributed by atoms with Gasteiger partial charge < -0.3 is 15.3 Å². The van der Waals surface area contributed by atoms with Gasteiger partial charge in [0.05, 0.1) is 22.9 Å². The van der Waals surface area contributed by atoms with E-state index in [1.54, 1.807) is 24.4 Å². The molecule has 7 nitrogen and oxygen atoms in total. The first-order chi connectivity index (χ1) is 13.4. The van der Waals surface area contributed by atoms with Gasteiger partial charge in [-0.3, -0.25) is 5.32 Å². The summed E-state index contributed by atoms with van der Waals surface area (Å²) in [5, 5.41) is 20.0. The van der Waals surface area contributed by atoms with E-state index in [1.807, 2.05) is 16.8 Å². The normalized spacial score (nSPS) is 16.1. The number of urea groups is 1. The lowest BCUT2D eigenvalue weighted by molar-refractivity contribution is 0.0814. The Morgan fingerprint density at radius 3 is 2.64 bits per heavy atom. The second kappa shape index (κ2) is 8.94. The van der Waals surface area contributed by atoms with Gasteiger partial charge in [-0.1, -0.05) is 37.6 Å². The summed E-state index contributed by atoms with van der Waals surface area (Å²) in [6, 6.07) is 8.80. The Bertz CT molecular complexity index is 799. The first-order valence-electron chi connectivity index (χ1n) is 9.57. The van der Waals surface area contributed by atoms with Gasteiger partial charge in [-0.05, 0) is 25.0 Å². The number of benzene rings is 1. The van der Waals surface area contributed by atoms with Crippen LogP contribution in [0.4, 0.5) is 16.3 Å². The molecule has 8 heteroatoms. The zero-order chi connectivity index (χ0) is 20.1. The van der Waals surface area contributed by atoms with Crippen molar-refractivity contribution >= 4 is 29.1 Å². The minimum Gasteiger partial charge on any atom is -0.396 e. The maximum absolute atomic E-state index is 12.4. The molecule has 0 bridgehead atoms. The lowest BCUT2D eigenvalue weighted by Gasteiger charge is -2.37. The Morgan fingerprint density at radius 1 is 1.25 bits per heavy atom. The van der Waals surface area contributed by atoms with Crippen LogP contribution in [0.2, 0.25) is 5.02 Å². The van der Waals surface area contributed by atoms with E-state index in [1.165, 1.54) is 0 Å².